The van der Waals surface area contributed by atoms with Crippen molar-refractivity contribution < 1.29 is 0 Å². The van der Waals surface area contributed by atoms with Crippen molar-refractivity contribution in [2.45, 2.75) is 40.5 Å². The van der Waals surface area contributed by atoms with Crippen molar-refractivity contribution in [3.05, 3.63) is 125 Å². The number of anilines is 6. The van der Waals surface area contributed by atoms with Gasteiger partial charge in [0, 0.05) is 34.1 Å². The molecule has 0 aliphatic carbocycles. The number of para-hydroxylation sites is 2. The average molecular weight is 504 g/mol. The largest absolute Gasteiger partial charge is 0.311 e. The van der Waals surface area contributed by atoms with Crippen molar-refractivity contribution in [2.24, 2.45) is 0 Å². The number of fused-ring (bicyclic) bond motifs is 4. The second kappa shape index (κ2) is 8.91. The molecule has 0 amide bonds. The van der Waals surface area contributed by atoms with Crippen LogP contribution in [0.2, 0.25) is 0 Å². The Morgan fingerprint density at radius 2 is 1.21 bits per heavy atom. The van der Waals surface area contributed by atoms with Gasteiger partial charge >= 0.3 is 0 Å². The van der Waals surface area contributed by atoms with Crippen molar-refractivity contribution in [3.63, 3.8) is 0 Å². The van der Waals surface area contributed by atoms with Crippen LogP contribution in [0.5, 0.6) is 0 Å². The molecule has 2 aliphatic rings. The van der Waals surface area contributed by atoms with Gasteiger partial charge in [0.1, 0.15) is 0 Å². The molecule has 0 saturated heterocycles. The highest BCUT2D eigenvalue weighted by molar-refractivity contribution is 7.00. The van der Waals surface area contributed by atoms with E-state index in [-0.39, 0.29) is 6.71 Å². The molecular weight excluding hydrogens is 471 g/mol. The molecule has 2 nitrogen and oxygen atoms in total. The van der Waals surface area contributed by atoms with Gasteiger partial charge < -0.3 is 9.80 Å². The van der Waals surface area contributed by atoms with Crippen molar-refractivity contribution in [2.75, 3.05) is 9.80 Å². The first kappa shape index (κ1) is 23.9. The first-order valence-electron chi connectivity index (χ1n) is 14.0. The third kappa shape index (κ3) is 3.64. The van der Waals surface area contributed by atoms with E-state index >= 15 is 0 Å². The third-order valence-electron chi connectivity index (χ3n) is 8.44. The smallest absolute Gasteiger partial charge is 0.252 e. The SMILES string of the molecule is Cc1ccc2c(c1)B1c3ccc(C)cc3N(c3ccccc3)c3cc(C(C)C)cc(c31)N2c1ccccc1C. The van der Waals surface area contributed by atoms with Crippen molar-refractivity contribution in [1.29, 1.82) is 0 Å². The maximum Gasteiger partial charge on any atom is 0.252 e. The van der Waals surface area contributed by atoms with Crippen LogP contribution in [0.4, 0.5) is 34.1 Å². The van der Waals surface area contributed by atoms with Crippen LogP contribution in [-0.2, 0) is 0 Å². The molecule has 0 unspecified atom stereocenters. The number of hydrogen-bond acceptors (Lipinski definition) is 2. The predicted octanol–water partition coefficient (Wildman–Crippen LogP) is 7.82. The number of benzene rings is 5. The molecule has 0 aromatic heterocycles. The Morgan fingerprint density at radius 3 is 1.95 bits per heavy atom. The highest BCUT2D eigenvalue weighted by Gasteiger charge is 2.43. The zero-order chi connectivity index (χ0) is 26.8. The van der Waals surface area contributed by atoms with Crippen LogP contribution in [-0.4, -0.2) is 6.71 Å². The fourth-order valence-corrected chi connectivity index (χ4v) is 6.51. The molecule has 2 heterocycles. The Kier molecular flexibility index (Phi) is 5.45. The van der Waals surface area contributed by atoms with Gasteiger partial charge in [-0.1, -0.05) is 80.1 Å². The summed E-state index contributed by atoms with van der Waals surface area (Å²) in [6.07, 6.45) is 0. The highest BCUT2D eigenvalue weighted by Crippen LogP contribution is 2.45. The maximum atomic E-state index is 2.52. The van der Waals surface area contributed by atoms with Crippen molar-refractivity contribution in [1.82, 2.24) is 0 Å². The van der Waals surface area contributed by atoms with Gasteiger partial charge in [0.25, 0.3) is 6.71 Å². The lowest BCUT2D eigenvalue weighted by molar-refractivity contribution is 0.866. The topological polar surface area (TPSA) is 6.48 Å². The molecular formula is C36H33BN2. The van der Waals surface area contributed by atoms with Crippen LogP contribution in [0.3, 0.4) is 0 Å². The van der Waals surface area contributed by atoms with Crippen LogP contribution in [0.25, 0.3) is 0 Å². The molecule has 0 radical (unpaired) electrons. The van der Waals surface area contributed by atoms with Crippen molar-refractivity contribution in [3.8, 4) is 0 Å². The number of nitrogens with zero attached hydrogens (tertiary/aromatic N) is 2. The molecule has 2 aliphatic heterocycles. The number of rotatable bonds is 3. The molecule has 39 heavy (non-hydrogen) atoms. The van der Waals surface area contributed by atoms with Gasteiger partial charge in [-0.25, -0.2) is 0 Å². The lowest BCUT2D eigenvalue weighted by atomic mass is 9.33. The Hall–Kier alpha value is -4.24. The van der Waals surface area contributed by atoms with Crippen LogP contribution in [0.1, 0.15) is 42.0 Å². The van der Waals surface area contributed by atoms with E-state index < -0.39 is 0 Å². The minimum atomic E-state index is 0.168. The highest BCUT2D eigenvalue weighted by atomic mass is 15.2. The van der Waals surface area contributed by atoms with Gasteiger partial charge in [-0.2, -0.15) is 0 Å². The summed E-state index contributed by atoms with van der Waals surface area (Å²) >= 11 is 0. The Labute approximate surface area is 232 Å². The molecule has 190 valence electrons. The molecule has 5 aromatic rings. The van der Waals surface area contributed by atoms with E-state index in [1.165, 1.54) is 72.8 Å². The van der Waals surface area contributed by atoms with Gasteiger partial charge in [0.2, 0.25) is 0 Å². The molecule has 0 saturated carbocycles. The van der Waals surface area contributed by atoms with Crippen LogP contribution >= 0.6 is 0 Å². The van der Waals surface area contributed by atoms with Gasteiger partial charge in [-0.15, -0.1) is 0 Å². The van der Waals surface area contributed by atoms with Crippen LogP contribution < -0.4 is 26.2 Å². The lowest BCUT2D eigenvalue weighted by Crippen LogP contribution is -2.61. The minimum absolute atomic E-state index is 0.168. The zero-order valence-corrected chi connectivity index (χ0v) is 23.4. The Balaban J connectivity index is 1.64. The van der Waals surface area contributed by atoms with Crippen LogP contribution in [0, 0.1) is 20.8 Å². The van der Waals surface area contributed by atoms with E-state index in [0.717, 1.165) is 0 Å². The Bertz CT molecular complexity index is 1740. The number of hydrogen-bond donors (Lipinski definition) is 0. The summed E-state index contributed by atoms with van der Waals surface area (Å²) in [5.74, 6) is 0.402. The van der Waals surface area contributed by atoms with Gasteiger partial charge in [-0.3, -0.25) is 0 Å². The van der Waals surface area contributed by atoms with E-state index in [1.807, 2.05) is 0 Å². The molecule has 0 atom stereocenters. The fraction of sp³-hybridized carbons (Fsp3) is 0.167. The molecule has 0 N–H and O–H groups in total. The quantitative estimate of drug-likeness (QED) is 0.227. The normalized spacial score (nSPS) is 13.3. The second-order valence-electron chi connectivity index (χ2n) is 11.5. The molecule has 0 fully saturated rings. The fourth-order valence-electron chi connectivity index (χ4n) is 6.51. The summed E-state index contributed by atoms with van der Waals surface area (Å²) in [5.41, 5.74) is 16.9. The van der Waals surface area contributed by atoms with Gasteiger partial charge in [0.05, 0.1) is 0 Å². The molecule has 0 spiro atoms. The summed E-state index contributed by atoms with van der Waals surface area (Å²) in [4.78, 5) is 5.02. The summed E-state index contributed by atoms with van der Waals surface area (Å²) in [6, 6.07) is 38.6. The maximum absolute atomic E-state index is 2.52. The van der Waals surface area contributed by atoms with E-state index in [2.05, 4.69) is 148 Å². The first-order chi connectivity index (χ1) is 18.9. The van der Waals surface area contributed by atoms with Gasteiger partial charge in [0.15, 0.2) is 0 Å². The Morgan fingerprint density at radius 1 is 0.538 bits per heavy atom. The second-order valence-corrected chi connectivity index (χ2v) is 11.5. The summed E-state index contributed by atoms with van der Waals surface area (Å²) in [5, 5.41) is 0. The summed E-state index contributed by atoms with van der Waals surface area (Å²) in [6.45, 7) is 11.4. The van der Waals surface area contributed by atoms with Crippen LogP contribution in [0.15, 0.2) is 103 Å². The molecule has 7 rings (SSSR count). The van der Waals surface area contributed by atoms with Crippen molar-refractivity contribution >= 4 is 57.2 Å². The molecule has 0 bridgehead atoms. The zero-order valence-electron chi connectivity index (χ0n) is 23.4. The minimum Gasteiger partial charge on any atom is -0.311 e. The predicted molar refractivity (Wildman–Crippen MR) is 169 cm³/mol. The number of aryl methyl sites for hydroxylation is 3. The standard InChI is InChI=1S/C36H33BN2/c1-23(2)27-21-34-36-35(22-27)39(31-14-10-9-11-26(31)5)32-18-16-24(3)19-30(32)37(36)29-17-15-25(4)20-33(29)38(34)28-12-7-6-8-13-28/h6-23H,1-5H3. The molecule has 5 aromatic carbocycles. The van der Waals surface area contributed by atoms with E-state index in [4.69, 9.17) is 0 Å². The third-order valence-corrected chi connectivity index (χ3v) is 8.44. The van der Waals surface area contributed by atoms with Gasteiger partial charge in [-0.05, 0) is 102 Å². The van der Waals surface area contributed by atoms with E-state index in [9.17, 15) is 0 Å². The van der Waals surface area contributed by atoms with E-state index in [0.29, 0.717) is 5.92 Å². The lowest BCUT2D eigenvalue weighted by Gasteiger charge is -2.45. The first-order valence-corrected chi connectivity index (χ1v) is 14.0. The summed E-state index contributed by atoms with van der Waals surface area (Å²) in [7, 11) is 0. The monoisotopic (exact) mass is 504 g/mol. The van der Waals surface area contributed by atoms with E-state index in [1.54, 1.807) is 0 Å². The summed E-state index contributed by atoms with van der Waals surface area (Å²) < 4.78 is 0. The molecule has 3 heteroatoms. The average Bonchev–Trinajstić information content (AvgIpc) is 2.93.